The summed E-state index contributed by atoms with van der Waals surface area (Å²) in [5.74, 6) is 1.33. The SMILES string of the molecule is Brc1ccccc1-c1nc(C2CCCN2)no1. The number of rotatable bonds is 2. The summed E-state index contributed by atoms with van der Waals surface area (Å²) in [6.45, 7) is 1.03. The Morgan fingerprint density at radius 3 is 3.00 bits per heavy atom. The minimum Gasteiger partial charge on any atom is -0.334 e. The van der Waals surface area contributed by atoms with Crippen molar-refractivity contribution in [3.8, 4) is 11.5 Å². The van der Waals surface area contributed by atoms with Crippen LogP contribution in [-0.4, -0.2) is 16.7 Å². The normalized spacial score (nSPS) is 19.7. The molecular weight excluding hydrogens is 282 g/mol. The number of benzene rings is 1. The molecule has 3 rings (SSSR count). The molecule has 1 atom stereocenters. The van der Waals surface area contributed by atoms with Crippen LogP contribution in [0.2, 0.25) is 0 Å². The third kappa shape index (κ3) is 2.12. The van der Waals surface area contributed by atoms with E-state index in [4.69, 9.17) is 4.52 Å². The maximum Gasteiger partial charge on any atom is 0.259 e. The van der Waals surface area contributed by atoms with Gasteiger partial charge in [-0.2, -0.15) is 4.98 Å². The van der Waals surface area contributed by atoms with Gasteiger partial charge in [0.1, 0.15) is 0 Å². The molecule has 1 fully saturated rings. The van der Waals surface area contributed by atoms with Crippen LogP contribution in [0.3, 0.4) is 0 Å². The number of nitrogens with zero attached hydrogens (tertiary/aromatic N) is 2. The summed E-state index contributed by atoms with van der Waals surface area (Å²) in [6, 6.07) is 8.09. The molecule has 0 bridgehead atoms. The van der Waals surface area contributed by atoms with E-state index >= 15 is 0 Å². The minimum atomic E-state index is 0.245. The molecule has 1 aromatic heterocycles. The smallest absolute Gasteiger partial charge is 0.259 e. The van der Waals surface area contributed by atoms with Gasteiger partial charge in [-0.15, -0.1) is 0 Å². The Morgan fingerprint density at radius 1 is 1.35 bits per heavy atom. The Bertz CT molecular complexity index is 520. The number of halogens is 1. The zero-order valence-electron chi connectivity index (χ0n) is 9.19. The first kappa shape index (κ1) is 10.9. The van der Waals surface area contributed by atoms with Gasteiger partial charge >= 0.3 is 0 Å². The van der Waals surface area contributed by atoms with E-state index in [1.807, 2.05) is 24.3 Å². The standard InChI is InChI=1S/C12H12BrN3O/c13-9-5-2-1-4-8(9)12-15-11(16-17-12)10-6-3-7-14-10/h1-2,4-5,10,14H,3,6-7H2. The first-order chi connectivity index (χ1) is 8.34. The maximum atomic E-state index is 5.31. The second-order valence-corrected chi connectivity index (χ2v) is 4.94. The second kappa shape index (κ2) is 4.58. The molecule has 88 valence electrons. The molecule has 0 aliphatic carbocycles. The minimum absolute atomic E-state index is 0.245. The average Bonchev–Trinajstić information content (AvgIpc) is 3.00. The summed E-state index contributed by atoms with van der Waals surface area (Å²) in [5, 5.41) is 7.40. The molecule has 1 aromatic carbocycles. The second-order valence-electron chi connectivity index (χ2n) is 4.09. The fourth-order valence-electron chi connectivity index (χ4n) is 2.03. The summed E-state index contributed by atoms with van der Waals surface area (Å²) >= 11 is 3.48. The van der Waals surface area contributed by atoms with Crippen molar-refractivity contribution < 1.29 is 4.52 Å². The Morgan fingerprint density at radius 2 is 2.24 bits per heavy atom. The fraction of sp³-hybridized carbons (Fsp3) is 0.333. The average molecular weight is 294 g/mol. The monoisotopic (exact) mass is 293 g/mol. The Labute approximate surface area is 108 Å². The van der Waals surface area contributed by atoms with Gasteiger partial charge in [-0.1, -0.05) is 17.3 Å². The van der Waals surface area contributed by atoms with Crippen molar-refractivity contribution >= 4 is 15.9 Å². The van der Waals surface area contributed by atoms with E-state index in [0.29, 0.717) is 5.89 Å². The Kier molecular flexibility index (Phi) is 2.94. The molecule has 4 nitrogen and oxygen atoms in total. The van der Waals surface area contributed by atoms with Gasteiger partial charge in [0.05, 0.1) is 11.6 Å². The molecule has 1 saturated heterocycles. The van der Waals surface area contributed by atoms with Crippen LogP contribution in [0.4, 0.5) is 0 Å². The third-order valence-corrected chi connectivity index (χ3v) is 3.61. The molecule has 5 heteroatoms. The summed E-state index contributed by atoms with van der Waals surface area (Å²) in [6.07, 6.45) is 2.25. The maximum absolute atomic E-state index is 5.31. The predicted molar refractivity (Wildman–Crippen MR) is 67.4 cm³/mol. The van der Waals surface area contributed by atoms with Crippen LogP contribution in [0.15, 0.2) is 33.3 Å². The van der Waals surface area contributed by atoms with Crippen molar-refractivity contribution in [1.29, 1.82) is 0 Å². The zero-order chi connectivity index (χ0) is 11.7. The van der Waals surface area contributed by atoms with E-state index < -0.39 is 0 Å². The lowest BCUT2D eigenvalue weighted by atomic mass is 10.2. The number of nitrogens with one attached hydrogen (secondary N) is 1. The Hall–Kier alpha value is -1.20. The molecule has 1 N–H and O–H groups in total. The van der Waals surface area contributed by atoms with Crippen LogP contribution < -0.4 is 5.32 Å². The molecule has 17 heavy (non-hydrogen) atoms. The quantitative estimate of drug-likeness (QED) is 0.925. The van der Waals surface area contributed by atoms with E-state index in [0.717, 1.165) is 28.8 Å². The number of hydrogen-bond acceptors (Lipinski definition) is 4. The van der Waals surface area contributed by atoms with Crippen molar-refractivity contribution in [2.45, 2.75) is 18.9 Å². The van der Waals surface area contributed by atoms with Gasteiger partial charge in [-0.05, 0) is 47.4 Å². The molecule has 1 aliphatic heterocycles. The molecular formula is C12H12BrN3O. The number of aromatic nitrogens is 2. The number of hydrogen-bond donors (Lipinski definition) is 1. The predicted octanol–water partition coefficient (Wildman–Crippen LogP) is 2.92. The van der Waals surface area contributed by atoms with E-state index in [2.05, 4.69) is 31.4 Å². The molecule has 1 aliphatic rings. The van der Waals surface area contributed by atoms with E-state index in [-0.39, 0.29) is 6.04 Å². The summed E-state index contributed by atoms with van der Waals surface area (Å²) in [7, 11) is 0. The Balaban J connectivity index is 1.92. The van der Waals surface area contributed by atoms with E-state index in [1.54, 1.807) is 0 Å². The molecule has 1 unspecified atom stereocenters. The van der Waals surface area contributed by atoms with Gasteiger partial charge in [0.2, 0.25) is 0 Å². The molecule has 0 radical (unpaired) electrons. The van der Waals surface area contributed by atoms with Crippen LogP contribution in [-0.2, 0) is 0 Å². The highest BCUT2D eigenvalue weighted by atomic mass is 79.9. The summed E-state index contributed by atoms with van der Waals surface area (Å²) < 4.78 is 6.28. The molecule has 2 aromatic rings. The van der Waals surface area contributed by atoms with Crippen molar-refractivity contribution in [2.75, 3.05) is 6.54 Å². The highest BCUT2D eigenvalue weighted by molar-refractivity contribution is 9.10. The lowest BCUT2D eigenvalue weighted by Gasteiger charge is -2.01. The van der Waals surface area contributed by atoms with Gasteiger partial charge in [0.25, 0.3) is 5.89 Å². The molecule has 0 saturated carbocycles. The van der Waals surface area contributed by atoms with Crippen molar-refractivity contribution in [3.63, 3.8) is 0 Å². The van der Waals surface area contributed by atoms with Gasteiger partial charge in [0.15, 0.2) is 5.82 Å². The summed E-state index contributed by atoms with van der Waals surface area (Å²) in [4.78, 5) is 4.45. The first-order valence-corrected chi connectivity index (χ1v) is 6.46. The first-order valence-electron chi connectivity index (χ1n) is 5.66. The fourth-order valence-corrected chi connectivity index (χ4v) is 2.48. The van der Waals surface area contributed by atoms with Crippen LogP contribution in [0.25, 0.3) is 11.5 Å². The van der Waals surface area contributed by atoms with Crippen LogP contribution >= 0.6 is 15.9 Å². The van der Waals surface area contributed by atoms with E-state index in [1.165, 1.54) is 6.42 Å². The lowest BCUT2D eigenvalue weighted by Crippen LogP contribution is -2.14. The van der Waals surface area contributed by atoms with Crippen LogP contribution in [0.5, 0.6) is 0 Å². The molecule has 0 spiro atoms. The summed E-state index contributed by atoms with van der Waals surface area (Å²) in [5.41, 5.74) is 0.934. The van der Waals surface area contributed by atoms with Crippen LogP contribution in [0, 0.1) is 0 Å². The van der Waals surface area contributed by atoms with Crippen molar-refractivity contribution in [2.24, 2.45) is 0 Å². The third-order valence-electron chi connectivity index (χ3n) is 2.92. The van der Waals surface area contributed by atoms with Crippen molar-refractivity contribution in [1.82, 2.24) is 15.5 Å². The lowest BCUT2D eigenvalue weighted by molar-refractivity contribution is 0.412. The van der Waals surface area contributed by atoms with Gasteiger partial charge < -0.3 is 9.84 Å². The van der Waals surface area contributed by atoms with Gasteiger partial charge in [-0.25, -0.2) is 0 Å². The van der Waals surface area contributed by atoms with E-state index in [9.17, 15) is 0 Å². The zero-order valence-corrected chi connectivity index (χ0v) is 10.8. The topological polar surface area (TPSA) is 51.0 Å². The van der Waals surface area contributed by atoms with Gasteiger partial charge in [-0.3, -0.25) is 0 Å². The highest BCUT2D eigenvalue weighted by Crippen LogP contribution is 2.28. The van der Waals surface area contributed by atoms with Gasteiger partial charge in [0, 0.05) is 4.47 Å². The largest absolute Gasteiger partial charge is 0.334 e. The highest BCUT2D eigenvalue weighted by Gasteiger charge is 2.22. The molecule has 0 amide bonds. The molecule has 2 heterocycles. The van der Waals surface area contributed by atoms with Crippen molar-refractivity contribution in [3.05, 3.63) is 34.6 Å². The van der Waals surface area contributed by atoms with Crippen LogP contribution in [0.1, 0.15) is 24.7 Å².